The van der Waals surface area contributed by atoms with Crippen molar-refractivity contribution in [1.29, 1.82) is 0 Å². The minimum Gasteiger partial charge on any atom is -0.371 e. The van der Waals surface area contributed by atoms with E-state index in [4.69, 9.17) is 4.74 Å². The van der Waals surface area contributed by atoms with Gasteiger partial charge in [-0.1, -0.05) is 12.2 Å². The molecule has 2 unspecified atom stereocenters. The summed E-state index contributed by atoms with van der Waals surface area (Å²) in [6.07, 6.45) is 6.06. The maximum absolute atomic E-state index is 5.15. The standard InChI is InChI=1S/C7H11NO/c1-2-4-8-6(3-1)7-5-9-7/h1-2,6-8H,3-5H2. The van der Waals surface area contributed by atoms with Crippen LogP contribution in [-0.2, 0) is 4.74 Å². The van der Waals surface area contributed by atoms with Crippen LogP contribution in [0.15, 0.2) is 12.2 Å². The van der Waals surface area contributed by atoms with Crippen LogP contribution in [0.1, 0.15) is 6.42 Å². The molecule has 2 heterocycles. The summed E-state index contributed by atoms with van der Waals surface area (Å²) in [5.41, 5.74) is 0. The number of epoxide rings is 1. The van der Waals surface area contributed by atoms with E-state index in [2.05, 4.69) is 17.5 Å². The van der Waals surface area contributed by atoms with Gasteiger partial charge in [0.2, 0.25) is 0 Å². The molecule has 0 bridgehead atoms. The molecule has 2 rings (SSSR count). The van der Waals surface area contributed by atoms with Crippen LogP contribution in [0.3, 0.4) is 0 Å². The van der Waals surface area contributed by atoms with Gasteiger partial charge in [-0.15, -0.1) is 0 Å². The van der Waals surface area contributed by atoms with E-state index in [-0.39, 0.29) is 0 Å². The maximum Gasteiger partial charge on any atom is 0.0965 e. The van der Waals surface area contributed by atoms with Crippen molar-refractivity contribution in [2.75, 3.05) is 13.2 Å². The zero-order valence-corrected chi connectivity index (χ0v) is 5.34. The summed E-state index contributed by atoms with van der Waals surface area (Å²) in [7, 11) is 0. The molecule has 0 aromatic heterocycles. The van der Waals surface area contributed by atoms with Gasteiger partial charge < -0.3 is 10.1 Å². The second-order valence-electron chi connectivity index (χ2n) is 2.59. The smallest absolute Gasteiger partial charge is 0.0965 e. The van der Waals surface area contributed by atoms with Gasteiger partial charge in [0.15, 0.2) is 0 Å². The van der Waals surface area contributed by atoms with Crippen molar-refractivity contribution < 1.29 is 4.74 Å². The van der Waals surface area contributed by atoms with Gasteiger partial charge in [0.25, 0.3) is 0 Å². The first-order valence-electron chi connectivity index (χ1n) is 3.47. The van der Waals surface area contributed by atoms with Gasteiger partial charge in [0.05, 0.1) is 12.7 Å². The summed E-state index contributed by atoms with van der Waals surface area (Å²) in [5.74, 6) is 0. The van der Waals surface area contributed by atoms with E-state index in [1.807, 2.05) is 0 Å². The van der Waals surface area contributed by atoms with Crippen molar-refractivity contribution in [2.45, 2.75) is 18.6 Å². The minimum absolute atomic E-state index is 0.523. The lowest BCUT2D eigenvalue weighted by molar-refractivity contribution is 0.342. The molecule has 9 heavy (non-hydrogen) atoms. The van der Waals surface area contributed by atoms with Gasteiger partial charge in [-0.25, -0.2) is 0 Å². The summed E-state index contributed by atoms with van der Waals surface area (Å²) in [6.45, 7) is 1.98. The largest absolute Gasteiger partial charge is 0.371 e. The quantitative estimate of drug-likeness (QED) is 0.403. The molecule has 2 heteroatoms. The van der Waals surface area contributed by atoms with Crippen LogP contribution in [0.25, 0.3) is 0 Å². The number of ether oxygens (including phenoxy) is 1. The van der Waals surface area contributed by atoms with Crippen LogP contribution < -0.4 is 5.32 Å². The predicted octanol–water partition coefficient (Wildman–Crippen LogP) is 0.303. The Balaban J connectivity index is 1.89. The molecule has 50 valence electrons. The average Bonchev–Trinajstić information content (AvgIpc) is 2.71. The summed E-state index contributed by atoms with van der Waals surface area (Å²) in [4.78, 5) is 0. The topological polar surface area (TPSA) is 24.6 Å². The fourth-order valence-electron chi connectivity index (χ4n) is 1.20. The molecule has 1 saturated heterocycles. The van der Waals surface area contributed by atoms with Gasteiger partial charge in [-0.3, -0.25) is 0 Å². The van der Waals surface area contributed by atoms with E-state index in [0.717, 1.165) is 19.6 Å². The van der Waals surface area contributed by atoms with E-state index >= 15 is 0 Å². The lowest BCUT2D eigenvalue weighted by Gasteiger charge is -2.16. The Morgan fingerprint density at radius 2 is 2.33 bits per heavy atom. The zero-order valence-electron chi connectivity index (χ0n) is 5.34. The molecule has 2 aliphatic rings. The molecule has 2 atom stereocenters. The second kappa shape index (κ2) is 2.12. The van der Waals surface area contributed by atoms with Crippen molar-refractivity contribution >= 4 is 0 Å². The lowest BCUT2D eigenvalue weighted by Crippen LogP contribution is -2.35. The van der Waals surface area contributed by atoms with Crippen molar-refractivity contribution in [3.8, 4) is 0 Å². The molecule has 0 amide bonds. The Morgan fingerprint density at radius 1 is 1.44 bits per heavy atom. The van der Waals surface area contributed by atoms with Gasteiger partial charge >= 0.3 is 0 Å². The third-order valence-corrected chi connectivity index (χ3v) is 1.86. The fourth-order valence-corrected chi connectivity index (χ4v) is 1.20. The molecule has 0 spiro atoms. The third kappa shape index (κ3) is 1.14. The SMILES string of the molecule is C1=CCC(C2CO2)NC1. The van der Waals surface area contributed by atoms with Crippen LogP contribution in [-0.4, -0.2) is 25.3 Å². The van der Waals surface area contributed by atoms with Crippen LogP contribution >= 0.6 is 0 Å². The van der Waals surface area contributed by atoms with Gasteiger partial charge in [-0.05, 0) is 6.42 Å². The molecule has 1 N–H and O–H groups in total. The Morgan fingerprint density at radius 3 is 2.89 bits per heavy atom. The highest BCUT2D eigenvalue weighted by Crippen LogP contribution is 2.18. The fraction of sp³-hybridized carbons (Fsp3) is 0.714. The summed E-state index contributed by atoms with van der Waals surface area (Å²) >= 11 is 0. The number of hydrogen-bond donors (Lipinski definition) is 1. The van der Waals surface area contributed by atoms with E-state index in [0.29, 0.717) is 12.1 Å². The second-order valence-corrected chi connectivity index (χ2v) is 2.59. The highest BCUT2D eigenvalue weighted by molar-refractivity contribution is 4.99. The summed E-state index contributed by atoms with van der Waals surface area (Å²) in [5, 5.41) is 3.37. The number of rotatable bonds is 1. The van der Waals surface area contributed by atoms with Crippen LogP contribution in [0, 0.1) is 0 Å². The van der Waals surface area contributed by atoms with Crippen molar-refractivity contribution in [2.24, 2.45) is 0 Å². The highest BCUT2D eigenvalue weighted by atomic mass is 16.6. The first-order valence-corrected chi connectivity index (χ1v) is 3.47. The van der Waals surface area contributed by atoms with Crippen LogP contribution in [0.4, 0.5) is 0 Å². The van der Waals surface area contributed by atoms with E-state index in [1.165, 1.54) is 0 Å². The van der Waals surface area contributed by atoms with E-state index < -0.39 is 0 Å². The molecule has 2 aliphatic heterocycles. The summed E-state index contributed by atoms with van der Waals surface area (Å²) in [6, 6.07) is 0.606. The number of nitrogens with one attached hydrogen (secondary N) is 1. The lowest BCUT2D eigenvalue weighted by atomic mass is 10.1. The summed E-state index contributed by atoms with van der Waals surface area (Å²) < 4.78 is 5.15. The average molecular weight is 125 g/mol. The molecule has 0 saturated carbocycles. The van der Waals surface area contributed by atoms with Crippen LogP contribution in [0.5, 0.6) is 0 Å². The van der Waals surface area contributed by atoms with Gasteiger partial charge in [0, 0.05) is 12.6 Å². The Bertz CT molecular complexity index is 129. The highest BCUT2D eigenvalue weighted by Gasteiger charge is 2.31. The molecule has 0 aromatic rings. The minimum atomic E-state index is 0.523. The monoisotopic (exact) mass is 125 g/mol. The van der Waals surface area contributed by atoms with Gasteiger partial charge in [0.1, 0.15) is 0 Å². The van der Waals surface area contributed by atoms with Crippen molar-refractivity contribution in [3.05, 3.63) is 12.2 Å². The third-order valence-electron chi connectivity index (χ3n) is 1.86. The number of hydrogen-bond acceptors (Lipinski definition) is 2. The molecule has 0 radical (unpaired) electrons. The first kappa shape index (κ1) is 5.45. The Hall–Kier alpha value is -0.340. The molecular formula is C7H11NO. The molecule has 0 aromatic carbocycles. The Labute approximate surface area is 54.9 Å². The zero-order chi connectivity index (χ0) is 6.10. The molecule has 0 aliphatic carbocycles. The van der Waals surface area contributed by atoms with Crippen LogP contribution in [0.2, 0.25) is 0 Å². The molecule has 1 fully saturated rings. The predicted molar refractivity (Wildman–Crippen MR) is 35.3 cm³/mol. The van der Waals surface area contributed by atoms with E-state index in [1.54, 1.807) is 0 Å². The van der Waals surface area contributed by atoms with Crippen molar-refractivity contribution in [1.82, 2.24) is 5.32 Å². The first-order chi connectivity index (χ1) is 4.47. The Kier molecular flexibility index (Phi) is 1.28. The molecule has 2 nitrogen and oxygen atoms in total. The normalized spacial score (nSPS) is 40.9. The van der Waals surface area contributed by atoms with Crippen molar-refractivity contribution in [3.63, 3.8) is 0 Å². The van der Waals surface area contributed by atoms with E-state index in [9.17, 15) is 0 Å². The van der Waals surface area contributed by atoms with Gasteiger partial charge in [-0.2, -0.15) is 0 Å². The maximum atomic E-state index is 5.15. The molecular weight excluding hydrogens is 114 g/mol.